The number of anilines is 4. The number of carbonyl (C=O) groups excluding carboxylic acids is 1. The van der Waals surface area contributed by atoms with Gasteiger partial charge in [-0.25, -0.2) is 24.1 Å². The summed E-state index contributed by atoms with van der Waals surface area (Å²) in [5.74, 6) is 1.45. The minimum Gasteiger partial charge on any atom is -0.497 e. The van der Waals surface area contributed by atoms with Gasteiger partial charge in [-0.1, -0.05) is 12.8 Å². The van der Waals surface area contributed by atoms with Gasteiger partial charge in [0.05, 0.1) is 13.3 Å². The second-order valence-electron chi connectivity index (χ2n) is 5.53. The molecule has 0 fully saturated rings. The fraction of sp³-hybridized carbons (Fsp3) is 0.176. The lowest BCUT2D eigenvalue weighted by atomic mass is 10.2. The van der Waals surface area contributed by atoms with Crippen molar-refractivity contribution < 1.29 is 9.53 Å². The molecule has 2 aromatic heterocycles. The molecule has 0 unspecified atom stereocenters. The fourth-order valence-electron chi connectivity index (χ4n) is 2.35. The Kier molecular flexibility index (Phi) is 5.46. The Hall–Kier alpha value is -3.27. The van der Waals surface area contributed by atoms with Crippen LogP contribution in [0.5, 0.6) is 5.75 Å². The maximum atomic E-state index is 11.9. The third kappa shape index (κ3) is 4.29. The zero-order chi connectivity index (χ0) is 19.4. The zero-order valence-electron chi connectivity index (χ0n) is 14.8. The van der Waals surface area contributed by atoms with Gasteiger partial charge < -0.3 is 21.1 Å². The van der Waals surface area contributed by atoms with Crippen LogP contribution in [0.3, 0.4) is 0 Å². The van der Waals surface area contributed by atoms with E-state index in [1.807, 2.05) is 6.92 Å². The van der Waals surface area contributed by atoms with E-state index in [0.29, 0.717) is 35.0 Å². The predicted octanol–water partition coefficient (Wildman–Crippen LogP) is 2.74. The molecule has 9 nitrogen and oxygen atoms in total. The second kappa shape index (κ2) is 7.96. The molecule has 0 spiro atoms. The number of ether oxygens (including phenoxy) is 1. The zero-order valence-corrected chi connectivity index (χ0v) is 15.7. The smallest absolute Gasteiger partial charge is 0.333 e. The highest BCUT2D eigenvalue weighted by atomic mass is 32.1. The first kappa shape index (κ1) is 18.5. The highest BCUT2D eigenvalue weighted by molar-refractivity contribution is 7.82. The van der Waals surface area contributed by atoms with Crippen LogP contribution in [-0.4, -0.2) is 34.6 Å². The third-order valence-corrected chi connectivity index (χ3v) is 3.95. The summed E-state index contributed by atoms with van der Waals surface area (Å²) in [6.07, 6.45) is 1.46. The number of amides is 2. The number of urea groups is 1. The molecule has 2 amide bonds. The van der Waals surface area contributed by atoms with Gasteiger partial charge in [-0.2, -0.15) is 0 Å². The number of fused-ring (bicyclic) bond motifs is 1. The van der Waals surface area contributed by atoms with Crippen molar-refractivity contribution >= 4 is 53.0 Å². The number of rotatable bonds is 5. The molecular weight excluding hydrogens is 366 g/mol. The van der Waals surface area contributed by atoms with E-state index < -0.39 is 6.03 Å². The largest absolute Gasteiger partial charge is 0.497 e. The Morgan fingerprint density at radius 2 is 2.11 bits per heavy atom. The number of nitrogens with one attached hydrogen (secondary N) is 2. The average Bonchev–Trinajstić information content (AvgIpc) is 2.66. The molecule has 0 atom stereocenters. The molecular formula is C17H19N7O2S. The Morgan fingerprint density at radius 3 is 2.85 bits per heavy atom. The third-order valence-electron chi connectivity index (χ3n) is 3.57. The number of benzene rings is 1. The lowest BCUT2D eigenvalue weighted by Gasteiger charge is -2.14. The van der Waals surface area contributed by atoms with E-state index in [1.165, 1.54) is 6.20 Å². The quantitative estimate of drug-likeness (QED) is 0.394. The van der Waals surface area contributed by atoms with Crippen LogP contribution in [0.15, 0.2) is 36.5 Å². The molecule has 0 aliphatic heterocycles. The molecule has 0 bridgehead atoms. The van der Waals surface area contributed by atoms with Crippen LogP contribution < -0.4 is 25.4 Å². The van der Waals surface area contributed by atoms with Gasteiger partial charge in [0.1, 0.15) is 17.1 Å². The molecule has 0 radical (unpaired) electrons. The number of hydrogen-bond donors (Lipinski definition) is 4. The first-order valence-electron chi connectivity index (χ1n) is 8.12. The standard InChI is InChI=1S/C17H19N7O2S/c1-3-19-17(25)24(27)15-9-20-13-4-5-14(22-16(13)23-15)21-11-6-10(18)7-12(8-11)26-2/h4-9,27H,3,18H2,1-2H3,(H,19,25)(H,21,22,23). The van der Waals surface area contributed by atoms with Crippen LogP contribution in [0.4, 0.5) is 27.8 Å². The summed E-state index contributed by atoms with van der Waals surface area (Å²) in [5, 5.41) is 5.79. The van der Waals surface area contributed by atoms with E-state index in [0.717, 1.165) is 9.99 Å². The van der Waals surface area contributed by atoms with Crippen molar-refractivity contribution in [3.8, 4) is 5.75 Å². The van der Waals surface area contributed by atoms with Crippen molar-refractivity contribution in [3.63, 3.8) is 0 Å². The van der Waals surface area contributed by atoms with Crippen molar-refractivity contribution in [1.29, 1.82) is 0 Å². The molecule has 4 N–H and O–H groups in total. The summed E-state index contributed by atoms with van der Waals surface area (Å²) in [6.45, 7) is 2.29. The van der Waals surface area contributed by atoms with Crippen LogP contribution >= 0.6 is 12.8 Å². The minimum atomic E-state index is -0.393. The summed E-state index contributed by atoms with van der Waals surface area (Å²) in [7, 11) is 1.57. The number of nitrogen functional groups attached to an aromatic ring is 1. The maximum Gasteiger partial charge on any atom is 0.333 e. The Labute approximate surface area is 161 Å². The van der Waals surface area contributed by atoms with Gasteiger partial charge in [-0.3, -0.25) is 0 Å². The SMILES string of the molecule is CCNC(=O)N(S)c1cnc2ccc(Nc3cc(N)cc(OC)c3)nc2n1. The number of carbonyl (C=O) groups is 1. The molecule has 3 aromatic rings. The molecule has 0 aliphatic carbocycles. The Morgan fingerprint density at radius 1 is 1.30 bits per heavy atom. The number of thiol groups is 1. The van der Waals surface area contributed by atoms with Crippen LogP contribution in [0.2, 0.25) is 0 Å². The molecule has 1 aromatic carbocycles. The van der Waals surface area contributed by atoms with Gasteiger partial charge in [0.2, 0.25) is 0 Å². The Balaban J connectivity index is 1.90. The predicted molar refractivity (Wildman–Crippen MR) is 109 cm³/mol. The van der Waals surface area contributed by atoms with Crippen molar-refractivity contribution in [2.24, 2.45) is 0 Å². The van der Waals surface area contributed by atoms with E-state index >= 15 is 0 Å². The summed E-state index contributed by atoms with van der Waals surface area (Å²) in [5.41, 5.74) is 8.12. The number of nitrogens with two attached hydrogens (primary N) is 1. The molecule has 3 rings (SSSR count). The Bertz CT molecular complexity index is 983. The van der Waals surface area contributed by atoms with E-state index in [2.05, 4.69) is 38.4 Å². The van der Waals surface area contributed by atoms with E-state index in [1.54, 1.807) is 37.4 Å². The highest BCUT2D eigenvalue weighted by Gasteiger charge is 2.14. The summed E-state index contributed by atoms with van der Waals surface area (Å²) in [4.78, 5) is 25.0. The van der Waals surface area contributed by atoms with E-state index in [-0.39, 0.29) is 5.82 Å². The summed E-state index contributed by atoms with van der Waals surface area (Å²) in [6, 6.07) is 8.44. The van der Waals surface area contributed by atoms with Crippen LogP contribution in [0.1, 0.15) is 6.92 Å². The molecule has 2 heterocycles. The second-order valence-corrected chi connectivity index (χ2v) is 5.93. The normalized spacial score (nSPS) is 10.5. The van der Waals surface area contributed by atoms with E-state index in [9.17, 15) is 4.79 Å². The van der Waals surface area contributed by atoms with Crippen molar-refractivity contribution in [2.75, 3.05) is 29.0 Å². The van der Waals surface area contributed by atoms with Gasteiger partial charge in [0.25, 0.3) is 0 Å². The van der Waals surface area contributed by atoms with Crippen LogP contribution in [0, 0.1) is 0 Å². The lowest BCUT2D eigenvalue weighted by Crippen LogP contribution is -2.34. The molecule has 0 saturated carbocycles. The van der Waals surface area contributed by atoms with Gasteiger partial charge in [-0.05, 0) is 25.1 Å². The molecule has 27 heavy (non-hydrogen) atoms. The first-order chi connectivity index (χ1) is 13.0. The van der Waals surface area contributed by atoms with Crippen molar-refractivity contribution in [2.45, 2.75) is 6.92 Å². The topological polar surface area (TPSA) is 118 Å². The average molecular weight is 385 g/mol. The minimum absolute atomic E-state index is 0.270. The van der Waals surface area contributed by atoms with Gasteiger partial charge in [-0.15, -0.1) is 0 Å². The lowest BCUT2D eigenvalue weighted by molar-refractivity contribution is 0.250. The van der Waals surface area contributed by atoms with Crippen molar-refractivity contribution in [1.82, 2.24) is 20.3 Å². The number of nitrogens with zero attached hydrogens (tertiary/aromatic N) is 4. The molecule has 0 aliphatic rings. The fourth-order valence-corrected chi connectivity index (χ4v) is 2.52. The monoisotopic (exact) mass is 385 g/mol. The first-order valence-corrected chi connectivity index (χ1v) is 8.52. The number of pyridine rings is 1. The number of aromatic nitrogens is 3. The summed E-state index contributed by atoms with van der Waals surface area (Å²) >= 11 is 4.16. The summed E-state index contributed by atoms with van der Waals surface area (Å²) < 4.78 is 6.30. The van der Waals surface area contributed by atoms with Crippen molar-refractivity contribution in [3.05, 3.63) is 36.5 Å². The number of methoxy groups -OCH3 is 1. The van der Waals surface area contributed by atoms with Gasteiger partial charge >= 0.3 is 6.03 Å². The number of hydrogen-bond acceptors (Lipinski definition) is 8. The molecule has 0 saturated heterocycles. The molecule has 140 valence electrons. The highest BCUT2D eigenvalue weighted by Crippen LogP contribution is 2.25. The van der Waals surface area contributed by atoms with Gasteiger partial charge in [0, 0.05) is 30.1 Å². The van der Waals surface area contributed by atoms with E-state index in [4.69, 9.17) is 10.5 Å². The van der Waals surface area contributed by atoms with Crippen LogP contribution in [0.25, 0.3) is 11.2 Å². The van der Waals surface area contributed by atoms with Gasteiger partial charge in [0.15, 0.2) is 11.5 Å². The maximum absolute atomic E-state index is 11.9. The molecule has 10 heteroatoms. The van der Waals surface area contributed by atoms with Crippen LogP contribution in [-0.2, 0) is 0 Å².